The van der Waals surface area contributed by atoms with Crippen LogP contribution in [-0.2, 0) is 9.59 Å². The van der Waals surface area contributed by atoms with Crippen molar-refractivity contribution < 1.29 is 19.8 Å². The van der Waals surface area contributed by atoms with Crippen LogP contribution in [0, 0.1) is 11.8 Å². The van der Waals surface area contributed by atoms with Gasteiger partial charge in [0.25, 0.3) is 0 Å². The van der Waals surface area contributed by atoms with E-state index in [0.29, 0.717) is 5.92 Å². The number of hydrogen-bond acceptors (Lipinski definition) is 2. The Balaban J connectivity index is 2.25. The second kappa shape index (κ2) is 13.0. The fraction of sp³-hybridized carbons (Fsp3) is 0.810. The number of carboxylic acid groups (broad SMARTS) is 2. The highest BCUT2D eigenvalue weighted by atomic mass is 16.4. The minimum absolute atomic E-state index is 0.268. The summed E-state index contributed by atoms with van der Waals surface area (Å²) >= 11 is 0. The van der Waals surface area contributed by atoms with Crippen LogP contribution in [0.4, 0.5) is 0 Å². The zero-order chi connectivity index (χ0) is 18.5. The number of hydrogen-bond donors (Lipinski definition) is 2. The van der Waals surface area contributed by atoms with E-state index in [0.717, 1.165) is 69.8 Å². The smallest absolute Gasteiger partial charge is 0.310 e. The molecule has 2 unspecified atom stereocenters. The van der Waals surface area contributed by atoms with Gasteiger partial charge in [0.2, 0.25) is 0 Å². The van der Waals surface area contributed by atoms with E-state index in [2.05, 4.69) is 13.0 Å². The summed E-state index contributed by atoms with van der Waals surface area (Å²) in [5.41, 5.74) is 1.16. The molecule has 4 nitrogen and oxygen atoms in total. The first-order chi connectivity index (χ1) is 12.0. The van der Waals surface area contributed by atoms with Gasteiger partial charge in [0.1, 0.15) is 0 Å². The topological polar surface area (TPSA) is 74.6 Å². The van der Waals surface area contributed by atoms with Gasteiger partial charge in [0.15, 0.2) is 0 Å². The van der Waals surface area contributed by atoms with E-state index >= 15 is 0 Å². The van der Waals surface area contributed by atoms with E-state index in [9.17, 15) is 14.7 Å². The minimum atomic E-state index is -0.709. The van der Waals surface area contributed by atoms with E-state index < -0.39 is 11.9 Å². The average Bonchev–Trinajstić information content (AvgIpc) is 2.58. The zero-order valence-corrected chi connectivity index (χ0v) is 15.8. The van der Waals surface area contributed by atoms with Crippen LogP contribution in [0.1, 0.15) is 96.8 Å². The quantitative estimate of drug-likeness (QED) is 0.305. The molecule has 1 rings (SSSR count). The van der Waals surface area contributed by atoms with Crippen molar-refractivity contribution in [2.45, 2.75) is 96.8 Å². The SMILES string of the molecule is CCCCCCC1=CCC(CCCCCCCC(=O)O)CC1C(=O)O. The maximum atomic E-state index is 11.6. The molecule has 0 saturated heterocycles. The summed E-state index contributed by atoms with van der Waals surface area (Å²) in [6, 6.07) is 0. The number of carbonyl (C=O) groups is 2. The highest BCUT2D eigenvalue weighted by Gasteiger charge is 2.28. The summed E-state index contributed by atoms with van der Waals surface area (Å²) in [4.78, 5) is 22.1. The highest BCUT2D eigenvalue weighted by molar-refractivity contribution is 5.73. The molecule has 144 valence electrons. The van der Waals surface area contributed by atoms with Crippen LogP contribution in [0.3, 0.4) is 0 Å². The Kier molecular flexibility index (Phi) is 11.3. The Morgan fingerprint density at radius 3 is 2.36 bits per heavy atom. The molecule has 2 N–H and O–H groups in total. The van der Waals surface area contributed by atoms with Gasteiger partial charge in [-0.2, -0.15) is 0 Å². The first-order valence-corrected chi connectivity index (χ1v) is 10.2. The summed E-state index contributed by atoms with van der Waals surface area (Å²) in [7, 11) is 0. The largest absolute Gasteiger partial charge is 0.481 e. The van der Waals surface area contributed by atoms with Gasteiger partial charge in [-0.1, -0.05) is 69.9 Å². The van der Waals surface area contributed by atoms with Crippen LogP contribution >= 0.6 is 0 Å². The molecule has 0 heterocycles. The molecule has 1 aliphatic carbocycles. The standard InChI is InChI=1S/C21H36O4/c1-2-3-4-9-12-18-15-14-17(16-19(18)21(24)25)11-8-6-5-7-10-13-20(22)23/h15,17,19H,2-14,16H2,1H3,(H,22,23)(H,24,25). The molecule has 0 aromatic rings. The highest BCUT2D eigenvalue weighted by Crippen LogP contribution is 2.35. The summed E-state index contributed by atoms with van der Waals surface area (Å²) in [5, 5.41) is 18.2. The average molecular weight is 353 g/mol. The third-order valence-corrected chi connectivity index (χ3v) is 5.35. The molecule has 0 saturated carbocycles. The zero-order valence-electron chi connectivity index (χ0n) is 15.8. The summed E-state index contributed by atoms with van der Waals surface area (Å²) in [5.74, 6) is -1.13. The van der Waals surface area contributed by atoms with Gasteiger partial charge in [-0.05, 0) is 38.0 Å². The van der Waals surface area contributed by atoms with Crippen molar-refractivity contribution in [2.24, 2.45) is 11.8 Å². The van der Waals surface area contributed by atoms with Crippen molar-refractivity contribution >= 4 is 11.9 Å². The molecule has 0 fully saturated rings. The number of allylic oxidation sites excluding steroid dienone is 1. The first-order valence-electron chi connectivity index (χ1n) is 10.2. The molecule has 0 radical (unpaired) electrons. The first kappa shape index (κ1) is 21.7. The van der Waals surface area contributed by atoms with Gasteiger partial charge in [-0.15, -0.1) is 0 Å². The molecule has 0 bridgehead atoms. The Morgan fingerprint density at radius 1 is 1.00 bits per heavy atom. The van der Waals surface area contributed by atoms with Gasteiger partial charge >= 0.3 is 11.9 Å². The van der Waals surface area contributed by atoms with Crippen LogP contribution in [0.5, 0.6) is 0 Å². The summed E-state index contributed by atoms with van der Waals surface area (Å²) in [6.45, 7) is 2.19. The molecule has 0 aliphatic heterocycles. The molecule has 4 heteroatoms. The third kappa shape index (κ3) is 9.66. The summed E-state index contributed by atoms with van der Waals surface area (Å²) in [6.07, 6.45) is 16.2. The molecule has 0 aromatic heterocycles. The van der Waals surface area contributed by atoms with Crippen molar-refractivity contribution in [3.05, 3.63) is 11.6 Å². The second-order valence-electron chi connectivity index (χ2n) is 7.52. The fourth-order valence-electron chi connectivity index (χ4n) is 3.81. The predicted molar refractivity (Wildman–Crippen MR) is 101 cm³/mol. The van der Waals surface area contributed by atoms with Crippen LogP contribution in [0.2, 0.25) is 0 Å². The van der Waals surface area contributed by atoms with Crippen molar-refractivity contribution in [1.29, 1.82) is 0 Å². The maximum absolute atomic E-state index is 11.6. The Morgan fingerprint density at radius 2 is 1.68 bits per heavy atom. The van der Waals surface area contributed by atoms with Gasteiger partial charge in [-0.25, -0.2) is 0 Å². The van der Waals surface area contributed by atoms with E-state index in [1.165, 1.54) is 19.3 Å². The number of unbranched alkanes of at least 4 members (excludes halogenated alkanes) is 7. The molecule has 25 heavy (non-hydrogen) atoms. The van der Waals surface area contributed by atoms with Gasteiger partial charge in [0.05, 0.1) is 5.92 Å². The lowest BCUT2D eigenvalue weighted by Crippen LogP contribution is -2.23. The predicted octanol–water partition coefficient (Wildman–Crippen LogP) is 5.81. The monoisotopic (exact) mass is 352 g/mol. The lowest BCUT2D eigenvalue weighted by molar-refractivity contribution is -0.141. The molecular weight excluding hydrogens is 316 g/mol. The van der Waals surface area contributed by atoms with E-state index in [-0.39, 0.29) is 12.3 Å². The molecule has 2 atom stereocenters. The molecule has 0 amide bonds. The fourth-order valence-corrected chi connectivity index (χ4v) is 3.81. The minimum Gasteiger partial charge on any atom is -0.481 e. The number of rotatable bonds is 14. The van der Waals surface area contributed by atoms with Crippen molar-refractivity contribution in [2.75, 3.05) is 0 Å². The van der Waals surface area contributed by atoms with Crippen LogP contribution < -0.4 is 0 Å². The Hall–Kier alpha value is -1.32. The van der Waals surface area contributed by atoms with Crippen molar-refractivity contribution in [3.8, 4) is 0 Å². The molecule has 0 aromatic carbocycles. The van der Waals surface area contributed by atoms with Crippen LogP contribution in [0.15, 0.2) is 11.6 Å². The maximum Gasteiger partial charge on any atom is 0.310 e. The van der Waals surface area contributed by atoms with Gasteiger partial charge in [-0.3, -0.25) is 9.59 Å². The van der Waals surface area contributed by atoms with Crippen molar-refractivity contribution in [3.63, 3.8) is 0 Å². The Labute approximate surface area is 152 Å². The van der Waals surface area contributed by atoms with E-state index in [4.69, 9.17) is 5.11 Å². The second-order valence-corrected chi connectivity index (χ2v) is 7.52. The van der Waals surface area contributed by atoms with E-state index in [1.807, 2.05) is 0 Å². The van der Waals surface area contributed by atoms with Gasteiger partial charge < -0.3 is 10.2 Å². The lowest BCUT2D eigenvalue weighted by Gasteiger charge is -2.27. The normalized spacial score (nSPS) is 20.3. The van der Waals surface area contributed by atoms with Crippen LogP contribution in [-0.4, -0.2) is 22.2 Å². The summed E-state index contributed by atoms with van der Waals surface area (Å²) < 4.78 is 0. The molecule has 0 spiro atoms. The van der Waals surface area contributed by atoms with Gasteiger partial charge in [0, 0.05) is 6.42 Å². The lowest BCUT2D eigenvalue weighted by atomic mass is 9.77. The third-order valence-electron chi connectivity index (χ3n) is 5.35. The van der Waals surface area contributed by atoms with E-state index in [1.54, 1.807) is 0 Å². The Bertz CT molecular complexity index is 428. The number of carboxylic acids is 2. The molecular formula is C21H36O4. The number of aliphatic carboxylic acids is 2. The van der Waals surface area contributed by atoms with Crippen LogP contribution in [0.25, 0.3) is 0 Å². The molecule has 1 aliphatic rings. The van der Waals surface area contributed by atoms with Crippen molar-refractivity contribution in [1.82, 2.24) is 0 Å².